The van der Waals surface area contributed by atoms with Crippen molar-refractivity contribution in [3.8, 4) is 11.3 Å². The van der Waals surface area contributed by atoms with E-state index in [2.05, 4.69) is 4.98 Å². The molecule has 0 atom stereocenters. The van der Waals surface area contributed by atoms with Gasteiger partial charge in [-0.25, -0.2) is 9.78 Å². The highest BCUT2D eigenvalue weighted by molar-refractivity contribution is 6.04. The lowest BCUT2D eigenvalue weighted by Gasteiger charge is -2.10. The number of ether oxygens (including phenoxy) is 1. The summed E-state index contributed by atoms with van der Waals surface area (Å²) >= 11 is 0. The van der Waals surface area contributed by atoms with E-state index in [1.54, 1.807) is 30.3 Å². The van der Waals surface area contributed by atoms with Gasteiger partial charge in [0.1, 0.15) is 6.61 Å². The molecule has 0 spiro atoms. The van der Waals surface area contributed by atoms with Gasteiger partial charge in [-0.1, -0.05) is 60.7 Å². The van der Waals surface area contributed by atoms with E-state index in [1.807, 2.05) is 48.5 Å². The van der Waals surface area contributed by atoms with Crippen LogP contribution in [0.15, 0.2) is 84.9 Å². The van der Waals surface area contributed by atoms with Crippen LogP contribution in [0.2, 0.25) is 0 Å². The molecule has 0 fully saturated rings. The van der Waals surface area contributed by atoms with Gasteiger partial charge >= 0.3 is 5.97 Å². The lowest BCUT2D eigenvalue weighted by Crippen LogP contribution is -2.08. The SMILES string of the molecule is O=C(OCc1ccccc1[N+](=O)[O-])c1cc(-c2ccccc2)nc2ccccc12. The van der Waals surface area contributed by atoms with Crippen molar-refractivity contribution in [3.63, 3.8) is 0 Å². The lowest BCUT2D eigenvalue weighted by molar-refractivity contribution is -0.385. The Labute approximate surface area is 166 Å². The maximum atomic E-state index is 12.9. The number of hydrogen-bond acceptors (Lipinski definition) is 5. The summed E-state index contributed by atoms with van der Waals surface area (Å²) in [6.45, 7) is -0.187. The molecular weight excluding hydrogens is 368 g/mol. The Bertz CT molecular complexity index is 1210. The van der Waals surface area contributed by atoms with Crippen LogP contribution in [-0.2, 0) is 11.3 Å². The van der Waals surface area contributed by atoms with Crippen LogP contribution in [0, 0.1) is 10.1 Å². The van der Waals surface area contributed by atoms with Crippen LogP contribution in [-0.4, -0.2) is 15.9 Å². The quantitative estimate of drug-likeness (QED) is 0.269. The first-order valence-electron chi connectivity index (χ1n) is 8.98. The molecule has 0 unspecified atom stereocenters. The fourth-order valence-electron chi connectivity index (χ4n) is 3.13. The monoisotopic (exact) mass is 384 g/mol. The zero-order valence-electron chi connectivity index (χ0n) is 15.3. The molecule has 0 bridgehead atoms. The standard InChI is InChI=1S/C23H16N2O4/c26-23(29-15-17-10-4-7-13-22(17)25(27)28)19-14-21(16-8-2-1-3-9-16)24-20-12-6-5-11-18(19)20/h1-14H,15H2. The first kappa shape index (κ1) is 18.3. The van der Waals surface area contributed by atoms with Crippen LogP contribution in [0.3, 0.4) is 0 Å². The molecule has 6 nitrogen and oxygen atoms in total. The number of nitro benzene ring substituents is 1. The number of benzene rings is 3. The molecule has 0 aliphatic carbocycles. The highest BCUT2D eigenvalue weighted by atomic mass is 16.6. The molecule has 4 rings (SSSR count). The third-order valence-corrected chi connectivity index (χ3v) is 4.55. The van der Waals surface area contributed by atoms with Crippen molar-refractivity contribution in [2.24, 2.45) is 0 Å². The Morgan fingerprint density at radius 2 is 1.62 bits per heavy atom. The number of aromatic nitrogens is 1. The molecule has 0 amide bonds. The molecule has 0 aliphatic rings. The highest BCUT2D eigenvalue weighted by Gasteiger charge is 2.18. The van der Waals surface area contributed by atoms with Gasteiger partial charge in [0.25, 0.3) is 5.69 Å². The second-order valence-corrected chi connectivity index (χ2v) is 6.40. The lowest BCUT2D eigenvalue weighted by atomic mass is 10.0. The molecule has 0 radical (unpaired) electrons. The number of rotatable bonds is 5. The number of carbonyl (C=O) groups is 1. The normalized spacial score (nSPS) is 10.6. The zero-order valence-corrected chi connectivity index (χ0v) is 15.3. The minimum absolute atomic E-state index is 0.0788. The fourth-order valence-corrected chi connectivity index (χ4v) is 3.13. The smallest absolute Gasteiger partial charge is 0.339 e. The number of nitro groups is 1. The van der Waals surface area contributed by atoms with Crippen molar-refractivity contribution in [1.29, 1.82) is 0 Å². The third-order valence-electron chi connectivity index (χ3n) is 4.55. The minimum atomic E-state index is -0.557. The van der Waals surface area contributed by atoms with Crippen molar-refractivity contribution in [2.45, 2.75) is 6.61 Å². The molecule has 1 aromatic heterocycles. The first-order valence-corrected chi connectivity index (χ1v) is 8.98. The molecular formula is C23H16N2O4. The molecule has 0 aliphatic heterocycles. The summed E-state index contributed by atoms with van der Waals surface area (Å²) in [4.78, 5) is 28.2. The zero-order chi connectivity index (χ0) is 20.2. The second-order valence-electron chi connectivity index (χ2n) is 6.40. The summed E-state index contributed by atoms with van der Waals surface area (Å²) in [6, 6.07) is 24.8. The summed E-state index contributed by atoms with van der Waals surface area (Å²) in [7, 11) is 0. The predicted molar refractivity (Wildman–Crippen MR) is 109 cm³/mol. The van der Waals surface area contributed by atoms with E-state index in [0.717, 1.165) is 5.56 Å². The number of esters is 1. The predicted octanol–water partition coefficient (Wildman–Crippen LogP) is 5.17. The van der Waals surface area contributed by atoms with Gasteiger partial charge in [0, 0.05) is 17.0 Å². The van der Waals surface area contributed by atoms with Crippen LogP contribution in [0.4, 0.5) is 5.69 Å². The number of nitrogens with zero attached hydrogens (tertiary/aromatic N) is 2. The number of hydrogen-bond donors (Lipinski definition) is 0. The molecule has 3 aromatic carbocycles. The molecule has 142 valence electrons. The fraction of sp³-hybridized carbons (Fsp3) is 0.0435. The van der Waals surface area contributed by atoms with Gasteiger partial charge in [-0.05, 0) is 18.2 Å². The van der Waals surface area contributed by atoms with Crippen LogP contribution < -0.4 is 0 Å². The van der Waals surface area contributed by atoms with E-state index >= 15 is 0 Å². The van der Waals surface area contributed by atoms with Crippen molar-refractivity contribution < 1.29 is 14.5 Å². The number of para-hydroxylation sites is 2. The average molecular weight is 384 g/mol. The maximum absolute atomic E-state index is 12.9. The van der Waals surface area contributed by atoms with Gasteiger partial charge < -0.3 is 4.74 Å². The molecule has 0 N–H and O–H groups in total. The second kappa shape index (κ2) is 7.90. The highest BCUT2D eigenvalue weighted by Crippen LogP contribution is 2.26. The Kier molecular flexibility index (Phi) is 4.99. The summed E-state index contributed by atoms with van der Waals surface area (Å²) in [5.41, 5.74) is 2.84. The molecule has 0 saturated carbocycles. The summed E-state index contributed by atoms with van der Waals surface area (Å²) in [5, 5.41) is 11.8. The van der Waals surface area contributed by atoms with E-state index in [1.165, 1.54) is 6.07 Å². The Hall–Kier alpha value is -4.06. The molecule has 4 aromatic rings. The van der Waals surface area contributed by atoms with Gasteiger partial charge in [-0.2, -0.15) is 0 Å². The van der Waals surface area contributed by atoms with Crippen LogP contribution in [0.5, 0.6) is 0 Å². The van der Waals surface area contributed by atoms with Crippen LogP contribution in [0.25, 0.3) is 22.2 Å². The average Bonchev–Trinajstić information content (AvgIpc) is 2.77. The van der Waals surface area contributed by atoms with Crippen molar-refractivity contribution in [1.82, 2.24) is 4.98 Å². The summed E-state index contributed by atoms with van der Waals surface area (Å²) in [5.74, 6) is -0.557. The summed E-state index contributed by atoms with van der Waals surface area (Å²) in [6.07, 6.45) is 0. The van der Waals surface area contributed by atoms with Gasteiger partial charge in [0.05, 0.1) is 27.3 Å². The Morgan fingerprint density at radius 1 is 0.931 bits per heavy atom. The van der Waals surface area contributed by atoms with E-state index in [-0.39, 0.29) is 12.3 Å². The third kappa shape index (κ3) is 3.82. The van der Waals surface area contributed by atoms with E-state index in [9.17, 15) is 14.9 Å². The number of fused-ring (bicyclic) bond motifs is 1. The Morgan fingerprint density at radius 3 is 2.41 bits per heavy atom. The largest absolute Gasteiger partial charge is 0.457 e. The maximum Gasteiger partial charge on any atom is 0.339 e. The molecule has 29 heavy (non-hydrogen) atoms. The van der Waals surface area contributed by atoms with Crippen LogP contribution >= 0.6 is 0 Å². The van der Waals surface area contributed by atoms with Crippen molar-refractivity contribution in [3.05, 3.63) is 106 Å². The van der Waals surface area contributed by atoms with Gasteiger partial charge in [-0.3, -0.25) is 10.1 Å². The van der Waals surface area contributed by atoms with Crippen LogP contribution in [0.1, 0.15) is 15.9 Å². The van der Waals surface area contributed by atoms with Gasteiger partial charge in [0.2, 0.25) is 0 Å². The van der Waals surface area contributed by atoms with Gasteiger partial charge in [-0.15, -0.1) is 0 Å². The van der Waals surface area contributed by atoms with E-state index in [0.29, 0.717) is 27.7 Å². The van der Waals surface area contributed by atoms with E-state index < -0.39 is 10.9 Å². The number of carbonyl (C=O) groups excluding carboxylic acids is 1. The molecule has 6 heteroatoms. The topological polar surface area (TPSA) is 82.3 Å². The molecule has 1 heterocycles. The minimum Gasteiger partial charge on any atom is -0.457 e. The van der Waals surface area contributed by atoms with Gasteiger partial charge in [0.15, 0.2) is 0 Å². The van der Waals surface area contributed by atoms with Crippen molar-refractivity contribution in [2.75, 3.05) is 0 Å². The molecule has 0 saturated heterocycles. The first-order chi connectivity index (χ1) is 14.1. The Balaban J connectivity index is 1.70. The number of pyridine rings is 1. The van der Waals surface area contributed by atoms with Crippen molar-refractivity contribution >= 4 is 22.6 Å². The van der Waals surface area contributed by atoms with E-state index in [4.69, 9.17) is 4.74 Å². The summed E-state index contributed by atoms with van der Waals surface area (Å²) < 4.78 is 5.43.